The summed E-state index contributed by atoms with van der Waals surface area (Å²) in [5.41, 5.74) is 1.53. The number of pyridine rings is 1. The van der Waals surface area contributed by atoms with Crippen LogP contribution in [0.25, 0.3) is 5.69 Å². The van der Waals surface area contributed by atoms with Crippen LogP contribution in [0.2, 0.25) is 5.02 Å². The number of para-hydroxylation sites is 1. The topological polar surface area (TPSA) is 56.6 Å². The van der Waals surface area contributed by atoms with E-state index in [1.807, 2.05) is 58.3 Å². The first-order valence-corrected chi connectivity index (χ1v) is 9.45. The molecular formula is C21H20ClN3O3. The van der Waals surface area contributed by atoms with E-state index in [1.54, 1.807) is 18.5 Å². The normalized spacial score (nSPS) is 16.8. The molecule has 0 bridgehead atoms. The zero-order valence-corrected chi connectivity index (χ0v) is 16.0. The molecule has 1 fully saturated rings. The van der Waals surface area contributed by atoms with E-state index in [0.717, 1.165) is 5.69 Å². The van der Waals surface area contributed by atoms with Crippen molar-refractivity contribution in [2.24, 2.45) is 0 Å². The van der Waals surface area contributed by atoms with Crippen molar-refractivity contribution in [2.75, 3.05) is 26.3 Å². The van der Waals surface area contributed by atoms with Crippen LogP contribution in [0.15, 0.2) is 67.3 Å². The summed E-state index contributed by atoms with van der Waals surface area (Å²) in [5.74, 6) is 0.569. The molecule has 1 unspecified atom stereocenters. The van der Waals surface area contributed by atoms with Gasteiger partial charge in [0.05, 0.1) is 35.6 Å². The van der Waals surface area contributed by atoms with Gasteiger partial charge in [-0.15, -0.1) is 0 Å². The average Bonchev–Trinajstić information content (AvgIpc) is 3.27. The second kappa shape index (κ2) is 8.46. The summed E-state index contributed by atoms with van der Waals surface area (Å²) in [6.45, 7) is 1.81. The molecule has 3 aromatic rings. The number of hydrogen-bond donors (Lipinski definition) is 0. The molecule has 0 saturated carbocycles. The number of halogens is 1. The molecule has 0 spiro atoms. The van der Waals surface area contributed by atoms with Gasteiger partial charge < -0.3 is 18.9 Å². The lowest BCUT2D eigenvalue weighted by Gasteiger charge is -2.33. The molecule has 0 aliphatic carbocycles. The van der Waals surface area contributed by atoms with E-state index < -0.39 is 0 Å². The molecule has 1 aliphatic heterocycles. The van der Waals surface area contributed by atoms with Crippen molar-refractivity contribution in [3.63, 3.8) is 0 Å². The predicted molar refractivity (Wildman–Crippen MR) is 106 cm³/mol. The number of carbonyl (C=O) groups is 1. The van der Waals surface area contributed by atoms with E-state index in [9.17, 15) is 4.79 Å². The highest BCUT2D eigenvalue weighted by molar-refractivity contribution is 6.30. The summed E-state index contributed by atoms with van der Waals surface area (Å²) < 4.78 is 13.4. The smallest absolute Gasteiger partial charge is 0.256 e. The summed E-state index contributed by atoms with van der Waals surface area (Å²) in [4.78, 5) is 19.0. The third-order valence-corrected chi connectivity index (χ3v) is 4.77. The highest BCUT2D eigenvalue weighted by atomic mass is 35.5. The molecule has 1 aliphatic rings. The van der Waals surface area contributed by atoms with Crippen LogP contribution in [0.3, 0.4) is 0 Å². The third kappa shape index (κ3) is 4.18. The van der Waals surface area contributed by atoms with Gasteiger partial charge in [-0.25, -0.2) is 0 Å². The Labute approximate surface area is 168 Å². The fourth-order valence-corrected chi connectivity index (χ4v) is 3.37. The molecule has 3 heterocycles. The number of morpholine rings is 1. The monoisotopic (exact) mass is 397 g/mol. The number of rotatable bonds is 5. The van der Waals surface area contributed by atoms with Crippen molar-refractivity contribution in [1.29, 1.82) is 0 Å². The molecule has 0 N–H and O–H groups in total. The number of nitrogens with zero attached hydrogens (tertiary/aromatic N) is 3. The third-order valence-electron chi connectivity index (χ3n) is 4.56. The van der Waals surface area contributed by atoms with Gasteiger partial charge in [0.25, 0.3) is 5.91 Å². The molecule has 2 aromatic heterocycles. The SMILES string of the molecule is O=C(c1ccccc1-n1cccc1)N1CCOC(COc2cncc(Cl)c2)C1. The number of aromatic nitrogens is 2. The highest BCUT2D eigenvalue weighted by Gasteiger charge is 2.27. The quantitative estimate of drug-likeness (QED) is 0.661. The average molecular weight is 398 g/mol. The van der Waals surface area contributed by atoms with Crippen LogP contribution in [0.4, 0.5) is 0 Å². The Bertz CT molecular complexity index is 946. The van der Waals surface area contributed by atoms with Crippen molar-refractivity contribution >= 4 is 17.5 Å². The first-order valence-electron chi connectivity index (χ1n) is 9.07. The molecule has 1 saturated heterocycles. The van der Waals surface area contributed by atoms with Crippen LogP contribution in [-0.2, 0) is 4.74 Å². The fourth-order valence-electron chi connectivity index (χ4n) is 3.21. The van der Waals surface area contributed by atoms with E-state index in [0.29, 0.717) is 42.6 Å². The lowest BCUT2D eigenvalue weighted by Crippen LogP contribution is -2.47. The Morgan fingerprint density at radius 2 is 2.04 bits per heavy atom. The van der Waals surface area contributed by atoms with Gasteiger partial charge in [-0.1, -0.05) is 23.7 Å². The van der Waals surface area contributed by atoms with Crippen molar-refractivity contribution in [1.82, 2.24) is 14.5 Å². The maximum absolute atomic E-state index is 13.2. The number of benzene rings is 1. The van der Waals surface area contributed by atoms with Crippen LogP contribution >= 0.6 is 11.6 Å². The minimum atomic E-state index is -0.213. The van der Waals surface area contributed by atoms with Gasteiger partial charge in [0.2, 0.25) is 0 Å². The van der Waals surface area contributed by atoms with Crippen LogP contribution in [-0.4, -0.2) is 52.8 Å². The Morgan fingerprint density at radius 1 is 1.21 bits per heavy atom. The standard InChI is InChI=1S/C21H20ClN3O3/c22-16-11-17(13-23-12-16)28-15-18-14-25(9-10-27-18)21(26)19-5-1-2-6-20(19)24-7-3-4-8-24/h1-8,11-13,18H,9-10,14-15H2. The van der Waals surface area contributed by atoms with Gasteiger partial charge in [-0.05, 0) is 24.3 Å². The van der Waals surface area contributed by atoms with E-state index >= 15 is 0 Å². The number of amides is 1. The Kier molecular flexibility index (Phi) is 5.60. The number of carbonyl (C=O) groups excluding carboxylic acids is 1. The second-order valence-corrected chi connectivity index (χ2v) is 6.94. The van der Waals surface area contributed by atoms with E-state index in [1.165, 1.54) is 0 Å². The first kappa shape index (κ1) is 18.5. The molecular weight excluding hydrogens is 378 g/mol. The Morgan fingerprint density at radius 3 is 2.86 bits per heavy atom. The van der Waals surface area contributed by atoms with E-state index in [-0.39, 0.29) is 12.0 Å². The second-order valence-electron chi connectivity index (χ2n) is 6.50. The largest absolute Gasteiger partial charge is 0.489 e. The van der Waals surface area contributed by atoms with Gasteiger partial charge in [0.1, 0.15) is 18.5 Å². The summed E-state index contributed by atoms with van der Waals surface area (Å²) in [5, 5.41) is 0.514. The summed E-state index contributed by atoms with van der Waals surface area (Å²) >= 11 is 5.93. The van der Waals surface area contributed by atoms with Crippen molar-refractivity contribution in [3.05, 3.63) is 77.8 Å². The van der Waals surface area contributed by atoms with Crippen molar-refractivity contribution in [2.45, 2.75) is 6.10 Å². The van der Waals surface area contributed by atoms with Crippen molar-refractivity contribution in [3.8, 4) is 11.4 Å². The van der Waals surface area contributed by atoms with Crippen LogP contribution in [0.1, 0.15) is 10.4 Å². The van der Waals surface area contributed by atoms with Gasteiger partial charge in [-0.3, -0.25) is 9.78 Å². The molecule has 0 radical (unpaired) electrons. The van der Waals surface area contributed by atoms with Crippen LogP contribution < -0.4 is 4.74 Å². The van der Waals surface area contributed by atoms with E-state index in [2.05, 4.69) is 4.98 Å². The van der Waals surface area contributed by atoms with Gasteiger partial charge in [0.15, 0.2) is 0 Å². The molecule has 1 amide bonds. The molecule has 6 nitrogen and oxygen atoms in total. The summed E-state index contributed by atoms with van der Waals surface area (Å²) in [6.07, 6.45) is 6.80. The van der Waals surface area contributed by atoms with Gasteiger partial charge >= 0.3 is 0 Å². The maximum atomic E-state index is 13.2. The zero-order chi connectivity index (χ0) is 19.3. The van der Waals surface area contributed by atoms with Crippen LogP contribution in [0, 0.1) is 0 Å². The Hall–Kier alpha value is -2.83. The first-order chi connectivity index (χ1) is 13.7. The van der Waals surface area contributed by atoms with Gasteiger partial charge in [0, 0.05) is 31.2 Å². The fraction of sp³-hybridized carbons (Fsp3) is 0.238. The lowest BCUT2D eigenvalue weighted by atomic mass is 10.1. The number of ether oxygens (including phenoxy) is 2. The molecule has 7 heteroatoms. The molecule has 4 rings (SSSR count). The molecule has 1 atom stereocenters. The molecule has 144 valence electrons. The number of hydrogen-bond acceptors (Lipinski definition) is 4. The highest BCUT2D eigenvalue weighted by Crippen LogP contribution is 2.20. The maximum Gasteiger partial charge on any atom is 0.256 e. The van der Waals surface area contributed by atoms with Crippen LogP contribution in [0.5, 0.6) is 5.75 Å². The minimum absolute atomic E-state index is 0.0120. The molecule has 1 aromatic carbocycles. The predicted octanol–water partition coefficient (Wildman–Crippen LogP) is 3.45. The van der Waals surface area contributed by atoms with E-state index in [4.69, 9.17) is 21.1 Å². The molecule has 28 heavy (non-hydrogen) atoms. The summed E-state index contributed by atoms with van der Waals surface area (Å²) in [7, 11) is 0. The minimum Gasteiger partial charge on any atom is -0.489 e. The summed E-state index contributed by atoms with van der Waals surface area (Å²) in [6, 6.07) is 13.2. The Balaban J connectivity index is 1.44. The lowest BCUT2D eigenvalue weighted by molar-refractivity contribution is -0.0401. The zero-order valence-electron chi connectivity index (χ0n) is 15.2. The van der Waals surface area contributed by atoms with Crippen molar-refractivity contribution < 1.29 is 14.3 Å². The van der Waals surface area contributed by atoms with Gasteiger partial charge in [-0.2, -0.15) is 0 Å².